The Morgan fingerprint density at radius 2 is 2.35 bits per heavy atom. The van der Waals surface area contributed by atoms with Crippen LogP contribution in [-0.2, 0) is 4.79 Å². The van der Waals surface area contributed by atoms with Crippen molar-refractivity contribution in [1.29, 1.82) is 0 Å². The van der Waals surface area contributed by atoms with Crippen molar-refractivity contribution in [3.8, 4) is 5.75 Å². The van der Waals surface area contributed by atoms with Crippen molar-refractivity contribution < 1.29 is 13.9 Å². The molecule has 1 amide bonds. The number of hydrazone groups is 1. The summed E-state index contributed by atoms with van der Waals surface area (Å²) in [7, 11) is 0. The van der Waals surface area contributed by atoms with E-state index in [4.69, 9.17) is 20.8 Å². The number of benzene rings is 1. The van der Waals surface area contributed by atoms with Crippen LogP contribution in [0.2, 0.25) is 5.02 Å². The van der Waals surface area contributed by atoms with E-state index in [1.807, 2.05) is 0 Å². The van der Waals surface area contributed by atoms with Crippen LogP contribution in [0, 0.1) is 0 Å². The van der Waals surface area contributed by atoms with E-state index in [-0.39, 0.29) is 12.5 Å². The third-order valence-electron chi connectivity index (χ3n) is 2.20. The maximum Gasteiger partial charge on any atom is 0.277 e. The maximum atomic E-state index is 11.5. The standard InChI is InChI=1S/C13H10BrClN2O3/c14-11-5-10(15)1-2-12(11)20-8-13(18)17-16-6-9-3-4-19-7-9/h1-7H,8H2,(H,17,18)/b16-6-. The molecular formula is C13H10BrClN2O3. The monoisotopic (exact) mass is 356 g/mol. The van der Waals surface area contributed by atoms with Gasteiger partial charge in [0.05, 0.1) is 23.2 Å². The second-order valence-corrected chi connectivity index (χ2v) is 5.00. The molecule has 20 heavy (non-hydrogen) atoms. The van der Waals surface area contributed by atoms with Crippen LogP contribution in [0.1, 0.15) is 5.56 Å². The lowest BCUT2D eigenvalue weighted by molar-refractivity contribution is -0.123. The van der Waals surface area contributed by atoms with Crippen LogP contribution in [0.3, 0.4) is 0 Å². The number of furan rings is 1. The predicted octanol–water partition coefficient (Wildman–Crippen LogP) is 3.22. The fourth-order valence-electron chi connectivity index (χ4n) is 1.30. The second kappa shape index (κ2) is 7.12. The first-order chi connectivity index (χ1) is 9.65. The van der Waals surface area contributed by atoms with E-state index in [2.05, 4.69) is 26.5 Å². The summed E-state index contributed by atoms with van der Waals surface area (Å²) in [6.45, 7) is -0.150. The average molecular weight is 358 g/mol. The van der Waals surface area contributed by atoms with Gasteiger partial charge in [-0.2, -0.15) is 5.10 Å². The molecule has 5 nitrogen and oxygen atoms in total. The summed E-state index contributed by atoms with van der Waals surface area (Å²) < 4.78 is 10.9. The Hall–Kier alpha value is -1.79. The SMILES string of the molecule is O=C(COc1ccc(Cl)cc1Br)N/N=C\c1ccoc1. The number of nitrogens with zero attached hydrogens (tertiary/aromatic N) is 1. The van der Waals surface area contributed by atoms with E-state index < -0.39 is 0 Å². The molecular weight excluding hydrogens is 348 g/mol. The number of rotatable bonds is 5. The Morgan fingerprint density at radius 3 is 3.05 bits per heavy atom. The van der Waals surface area contributed by atoms with Gasteiger partial charge in [-0.3, -0.25) is 4.79 Å². The van der Waals surface area contributed by atoms with Crippen LogP contribution in [0.15, 0.2) is 50.8 Å². The lowest BCUT2D eigenvalue weighted by atomic mass is 10.3. The van der Waals surface area contributed by atoms with Crippen molar-refractivity contribution in [1.82, 2.24) is 5.43 Å². The van der Waals surface area contributed by atoms with Gasteiger partial charge >= 0.3 is 0 Å². The molecule has 7 heteroatoms. The summed E-state index contributed by atoms with van der Waals surface area (Å²) >= 11 is 9.10. The van der Waals surface area contributed by atoms with Gasteiger partial charge in [-0.05, 0) is 40.2 Å². The molecule has 0 unspecified atom stereocenters. The quantitative estimate of drug-likeness (QED) is 0.660. The average Bonchev–Trinajstić information content (AvgIpc) is 2.91. The third-order valence-corrected chi connectivity index (χ3v) is 3.05. The molecule has 104 valence electrons. The number of amides is 1. The Bertz CT molecular complexity index is 614. The number of hydrogen-bond acceptors (Lipinski definition) is 4. The summed E-state index contributed by atoms with van der Waals surface area (Å²) in [5.41, 5.74) is 3.10. The van der Waals surface area contributed by atoms with E-state index in [0.717, 1.165) is 5.56 Å². The Kier molecular flexibility index (Phi) is 5.20. The smallest absolute Gasteiger partial charge is 0.277 e. The maximum absolute atomic E-state index is 11.5. The van der Waals surface area contributed by atoms with Gasteiger partial charge in [-0.15, -0.1) is 0 Å². The summed E-state index contributed by atoms with van der Waals surface area (Å²) in [5.74, 6) is 0.162. The van der Waals surface area contributed by atoms with Gasteiger partial charge in [0.15, 0.2) is 6.61 Å². The van der Waals surface area contributed by atoms with Gasteiger partial charge in [0.2, 0.25) is 0 Å². The van der Waals surface area contributed by atoms with Gasteiger partial charge in [0.1, 0.15) is 5.75 Å². The Morgan fingerprint density at radius 1 is 1.50 bits per heavy atom. The van der Waals surface area contributed by atoms with Gasteiger partial charge in [0, 0.05) is 10.6 Å². The minimum Gasteiger partial charge on any atom is -0.483 e. The van der Waals surface area contributed by atoms with Crippen molar-refractivity contribution in [2.24, 2.45) is 5.10 Å². The summed E-state index contributed by atoms with van der Waals surface area (Å²) in [6, 6.07) is 6.76. The molecule has 0 radical (unpaired) electrons. The van der Waals surface area contributed by atoms with E-state index >= 15 is 0 Å². The number of carbonyl (C=O) groups excluding carboxylic acids is 1. The number of ether oxygens (including phenoxy) is 1. The summed E-state index contributed by atoms with van der Waals surface area (Å²) in [4.78, 5) is 11.5. The van der Waals surface area contributed by atoms with Gasteiger partial charge in [-0.1, -0.05) is 11.6 Å². The summed E-state index contributed by atoms with van der Waals surface area (Å²) in [5, 5.41) is 4.35. The number of hydrogen-bond donors (Lipinski definition) is 1. The number of carbonyl (C=O) groups is 1. The highest BCUT2D eigenvalue weighted by Crippen LogP contribution is 2.27. The zero-order valence-electron chi connectivity index (χ0n) is 10.2. The molecule has 1 heterocycles. The first-order valence-corrected chi connectivity index (χ1v) is 6.74. The van der Waals surface area contributed by atoms with Crippen LogP contribution >= 0.6 is 27.5 Å². The number of halogens is 2. The molecule has 1 aromatic heterocycles. The fourth-order valence-corrected chi connectivity index (χ4v) is 2.09. The Labute approximate surface area is 128 Å². The largest absolute Gasteiger partial charge is 0.483 e. The van der Waals surface area contributed by atoms with Crippen LogP contribution in [0.25, 0.3) is 0 Å². The molecule has 0 bridgehead atoms. The van der Waals surface area contributed by atoms with Crippen LogP contribution in [0.5, 0.6) is 5.75 Å². The number of nitrogens with one attached hydrogen (secondary N) is 1. The lowest BCUT2D eigenvalue weighted by Crippen LogP contribution is -2.24. The minimum atomic E-state index is -0.369. The first-order valence-electron chi connectivity index (χ1n) is 5.57. The van der Waals surface area contributed by atoms with Gasteiger partial charge in [0.25, 0.3) is 5.91 Å². The van der Waals surface area contributed by atoms with E-state index in [1.165, 1.54) is 18.7 Å². The van der Waals surface area contributed by atoms with E-state index in [0.29, 0.717) is 15.2 Å². The molecule has 0 aliphatic carbocycles. The van der Waals surface area contributed by atoms with Crippen molar-refractivity contribution in [3.05, 3.63) is 51.9 Å². The van der Waals surface area contributed by atoms with Crippen LogP contribution in [-0.4, -0.2) is 18.7 Å². The molecule has 0 fully saturated rings. The van der Waals surface area contributed by atoms with Crippen molar-refractivity contribution in [3.63, 3.8) is 0 Å². The third kappa shape index (κ3) is 4.40. The highest BCUT2D eigenvalue weighted by Gasteiger charge is 2.05. The molecule has 2 aromatic rings. The molecule has 0 atom stereocenters. The van der Waals surface area contributed by atoms with E-state index in [1.54, 1.807) is 24.3 Å². The molecule has 0 spiro atoms. The highest BCUT2D eigenvalue weighted by molar-refractivity contribution is 9.10. The molecule has 0 aliphatic heterocycles. The van der Waals surface area contributed by atoms with Crippen molar-refractivity contribution >= 4 is 39.7 Å². The fraction of sp³-hybridized carbons (Fsp3) is 0.0769. The zero-order valence-corrected chi connectivity index (χ0v) is 12.5. The topological polar surface area (TPSA) is 63.8 Å². The normalized spacial score (nSPS) is 10.7. The molecule has 0 saturated carbocycles. The van der Waals surface area contributed by atoms with Gasteiger partial charge < -0.3 is 9.15 Å². The predicted molar refractivity (Wildman–Crippen MR) is 79.1 cm³/mol. The van der Waals surface area contributed by atoms with E-state index in [9.17, 15) is 4.79 Å². The van der Waals surface area contributed by atoms with Gasteiger partial charge in [-0.25, -0.2) is 5.43 Å². The second-order valence-electron chi connectivity index (χ2n) is 3.71. The van der Waals surface area contributed by atoms with Crippen molar-refractivity contribution in [2.75, 3.05) is 6.61 Å². The molecule has 2 rings (SSSR count). The Balaban J connectivity index is 1.80. The van der Waals surface area contributed by atoms with Crippen LogP contribution < -0.4 is 10.2 Å². The van der Waals surface area contributed by atoms with Crippen molar-refractivity contribution in [2.45, 2.75) is 0 Å². The summed E-state index contributed by atoms with van der Waals surface area (Å²) in [6.07, 6.45) is 4.50. The zero-order chi connectivity index (χ0) is 14.4. The lowest BCUT2D eigenvalue weighted by Gasteiger charge is -2.07. The molecule has 1 N–H and O–H groups in total. The molecule has 0 aliphatic rings. The molecule has 1 aromatic carbocycles. The minimum absolute atomic E-state index is 0.150. The van der Waals surface area contributed by atoms with Crippen LogP contribution in [0.4, 0.5) is 0 Å². The molecule has 0 saturated heterocycles. The highest BCUT2D eigenvalue weighted by atomic mass is 79.9. The first kappa shape index (κ1) is 14.6.